The van der Waals surface area contributed by atoms with E-state index in [4.69, 9.17) is 0 Å². The number of thioether (sulfide) groups is 1. The highest BCUT2D eigenvalue weighted by Gasteiger charge is 2.27. The molecule has 0 spiro atoms. The molecule has 0 aliphatic heterocycles. The van der Waals surface area contributed by atoms with Gasteiger partial charge in [-0.1, -0.05) is 19.1 Å². The molecule has 1 aromatic carbocycles. The Labute approximate surface area is 146 Å². The van der Waals surface area contributed by atoms with Crippen molar-refractivity contribution in [3.63, 3.8) is 0 Å². The van der Waals surface area contributed by atoms with Crippen LogP contribution in [0.1, 0.15) is 23.8 Å². The number of hydrogen-bond donors (Lipinski definition) is 1. The molecule has 1 N–H and O–H groups in total. The molecule has 2 aromatic rings. The number of anilines is 1. The average Bonchev–Trinajstić information content (AvgIpc) is 2.55. The van der Waals surface area contributed by atoms with E-state index in [1.165, 1.54) is 28.9 Å². The number of carbonyl (C=O) groups is 1. The van der Waals surface area contributed by atoms with Crippen molar-refractivity contribution in [2.24, 2.45) is 0 Å². The Kier molecular flexibility index (Phi) is 6.24. The summed E-state index contributed by atoms with van der Waals surface area (Å²) in [5.41, 5.74) is -0.0417. The highest BCUT2D eigenvalue weighted by Crippen LogP contribution is 2.32. The smallest absolute Gasteiger partial charge is 0.320 e. The zero-order chi connectivity index (χ0) is 18.4. The number of nitrogens with zero attached hydrogens (tertiary/aromatic N) is 2. The molecule has 5 nitrogen and oxygen atoms in total. The quantitative estimate of drug-likeness (QED) is 0.789. The van der Waals surface area contributed by atoms with Crippen molar-refractivity contribution >= 4 is 23.4 Å². The van der Waals surface area contributed by atoms with Crippen molar-refractivity contribution in [2.45, 2.75) is 31.0 Å². The Morgan fingerprint density at radius 3 is 2.64 bits per heavy atom. The van der Waals surface area contributed by atoms with Gasteiger partial charge in [-0.2, -0.15) is 18.3 Å². The van der Waals surface area contributed by atoms with E-state index in [1.807, 2.05) is 6.92 Å². The maximum Gasteiger partial charge on any atom is 0.398 e. The monoisotopic (exact) mass is 371 g/mol. The van der Waals surface area contributed by atoms with Gasteiger partial charge >= 0.3 is 6.18 Å². The van der Waals surface area contributed by atoms with Crippen LogP contribution in [0.4, 0.5) is 18.9 Å². The molecule has 1 heterocycles. The van der Waals surface area contributed by atoms with Gasteiger partial charge in [0.2, 0.25) is 0 Å². The van der Waals surface area contributed by atoms with Gasteiger partial charge in [0.05, 0.1) is 11.4 Å². The van der Waals surface area contributed by atoms with Gasteiger partial charge < -0.3 is 5.32 Å². The number of halogens is 3. The molecule has 0 saturated heterocycles. The van der Waals surface area contributed by atoms with Gasteiger partial charge in [0.15, 0.2) is 0 Å². The van der Waals surface area contributed by atoms with Gasteiger partial charge in [0, 0.05) is 17.5 Å². The zero-order valence-corrected chi connectivity index (χ0v) is 14.2. The van der Waals surface area contributed by atoms with Gasteiger partial charge in [-0.3, -0.25) is 9.59 Å². The van der Waals surface area contributed by atoms with Gasteiger partial charge in [-0.15, -0.1) is 11.8 Å². The molecule has 0 atom stereocenters. The lowest BCUT2D eigenvalue weighted by atomic mass is 10.3. The van der Waals surface area contributed by atoms with Crippen LogP contribution >= 0.6 is 11.8 Å². The van der Waals surface area contributed by atoms with E-state index in [0.717, 1.165) is 0 Å². The lowest BCUT2D eigenvalue weighted by molar-refractivity contribution is -0.105. The number of benzene rings is 1. The first-order chi connectivity index (χ1) is 11.8. The summed E-state index contributed by atoms with van der Waals surface area (Å²) < 4.78 is 38.4. The summed E-state index contributed by atoms with van der Waals surface area (Å²) in [6.45, 7) is 2.24. The summed E-state index contributed by atoms with van der Waals surface area (Å²) in [6, 6.07) is 8.74. The zero-order valence-electron chi connectivity index (χ0n) is 13.3. The Bertz CT molecular complexity index is 806. The number of para-hydroxylation sites is 1. The van der Waals surface area contributed by atoms with Gasteiger partial charge in [0.1, 0.15) is 5.69 Å². The fourth-order valence-corrected chi connectivity index (χ4v) is 2.75. The Morgan fingerprint density at radius 1 is 1.24 bits per heavy atom. The van der Waals surface area contributed by atoms with Crippen LogP contribution in [0.3, 0.4) is 0 Å². The fourth-order valence-electron chi connectivity index (χ4n) is 1.98. The number of amides is 1. The van der Waals surface area contributed by atoms with Crippen molar-refractivity contribution in [3.05, 3.63) is 52.4 Å². The summed E-state index contributed by atoms with van der Waals surface area (Å²) >= 11 is 0.590. The third-order valence-electron chi connectivity index (χ3n) is 3.06. The minimum Gasteiger partial charge on any atom is -0.320 e. The molecule has 0 bridgehead atoms. The van der Waals surface area contributed by atoms with Crippen LogP contribution in [-0.4, -0.2) is 27.6 Å². The summed E-state index contributed by atoms with van der Waals surface area (Å²) in [6.07, 6.45) is -3.63. The largest absolute Gasteiger partial charge is 0.398 e. The molecule has 9 heteroatoms. The molecule has 0 unspecified atom stereocenters. The predicted molar refractivity (Wildman–Crippen MR) is 90.0 cm³/mol. The van der Waals surface area contributed by atoms with E-state index in [1.54, 1.807) is 12.1 Å². The molecule has 0 radical (unpaired) electrons. The van der Waals surface area contributed by atoms with E-state index in [0.29, 0.717) is 29.6 Å². The van der Waals surface area contributed by atoms with Gasteiger partial charge in [0.25, 0.3) is 11.5 Å². The van der Waals surface area contributed by atoms with Crippen LogP contribution in [-0.2, 0) is 6.54 Å². The number of hydrogen-bond acceptors (Lipinski definition) is 4. The minimum absolute atomic E-state index is 0.0173. The minimum atomic E-state index is -4.31. The first kappa shape index (κ1) is 19.0. The topological polar surface area (TPSA) is 64.0 Å². The standard InChI is InChI=1S/C16H16F3N3O2S/c1-2-9-22-14(23)8-7-12(21-22)15(24)20-11-5-3-4-6-13(11)25-10-16(17,18)19/h3-8H,2,9-10H2,1H3,(H,20,24). The van der Waals surface area contributed by atoms with E-state index in [-0.39, 0.29) is 16.9 Å². The molecule has 0 fully saturated rings. The number of aryl methyl sites for hydroxylation is 1. The highest BCUT2D eigenvalue weighted by atomic mass is 32.2. The van der Waals surface area contributed by atoms with Crippen LogP contribution in [0, 0.1) is 0 Å². The van der Waals surface area contributed by atoms with Crippen molar-refractivity contribution in [2.75, 3.05) is 11.1 Å². The summed E-state index contributed by atoms with van der Waals surface area (Å²) in [5, 5.41) is 6.53. The second-order valence-electron chi connectivity index (χ2n) is 5.13. The molecular weight excluding hydrogens is 355 g/mol. The predicted octanol–water partition coefficient (Wildman–Crippen LogP) is 3.56. The SMILES string of the molecule is CCCn1nc(C(=O)Nc2ccccc2SCC(F)(F)F)ccc1=O. The van der Waals surface area contributed by atoms with E-state index in [9.17, 15) is 22.8 Å². The summed E-state index contributed by atoms with van der Waals surface area (Å²) in [5.74, 6) is -1.65. The Morgan fingerprint density at radius 2 is 1.96 bits per heavy atom. The third kappa shape index (κ3) is 5.63. The van der Waals surface area contributed by atoms with Crippen molar-refractivity contribution in [1.29, 1.82) is 0 Å². The first-order valence-electron chi connectivity index (χ1n) is 7.48. The van der Waals surface area contributed by atoms with Crippen molar-refractivity contribution in [1.82, 2.24) is 9.78 Å². The van der Waals surface area contributed by atoms with E-state index < -0.39 is 17.8 Å². The second-order valence-corrected chi connectivity index (χ2v) is 6.15. The molecule has 134 valence electrons. The molecule has 1 amide bonds. The van der Waals surface area contributed by atoms with Gasteiger partial charge in [-0.25, -0.2) is 4.68 Å². The number of alkyl halides is 3. The lowest BCUT2D eigenvalue weighted by Crippen LogP contribution is -2.26. The molecule has 0 saturated carbocycles. The van der Waals surface area contributed by atoms with Crippen LogP contribution in [0.2, 0.25) is 0 Å². The molecule has 25 heavy (non-hydrogen) atoms. The van der Waals surface area contributed by atoms with Crippen molar-refractivity contribution in [3.8, 4) is 0 Å². The Balaban J connectivity index is 2.18. The normalized spacial score (nSPS) is 11.4. The molecule has 0 aliphatic carbocycles. The molecular formula is C16H16F3N3O2S. The summed E-state index contributed by atoms with van der Waals surface area (Å²) in [4.78, 5) is 24.3. The maximum absolute atomic E-state index is 12.4. The second kappa shape index (κ2) is 8.19. The van der Waals surface area contributed by atoms with Crippen LogP contribution < -0.4 is 10.9 Å². The highest BCUT2D eigenvalue weighted by molar-refractivity contribution is 7.99. The molecule has 1 aromatic heterocycles. The van der Waals surface area contributed by atoms with Gasteiger partial charge in [-0.05, 0) is 24.6 Å². The number of rotatable bonds is 6. The van der Waals surface area contributed by atoms with E-state index in [2.05, 4.69) is 10.4 Å². The van der Waals surface area contributed by atoms with Crippen LogP contribution in [0.5, 0.6) is 0 Å². The maximum atomic E-state index is 12.4. The first-order valence-corrected chi connectivity index (χ1v) is 8.47. The Hall–Kier alpha value is -2.29. The van der Waals surface area contributed by atoms with E-state index >= 15 is 0 Å². The summed E-state index contributed by atoms with van der Waals surface area (Å²) in [7, 11) is 0. The molecule has 2 rings (SSSR count). The van der Waals surface area contributed by atoms with Crippen LogP contribution in [0.15, 0.2) is 46.1 Å². The number of aromatic nitrogens is 2. The number of nitrogens with one attached hydrogen (secondary N) is 1. The third-order valence-corrected chi connectivity index (χ3v) is 4.20. The van der Waals surface area contributed by atoms with Crippen LogP contribution in [0.25, 0.3) is 0 Å². The number of carbonyl (C=O) groups excluding carboxylic acids is 1. The molecule has 0 aliphatic rings. The van der Waals surface area contributed by atoms with Crippen molar-refractivity contribution < 1.29 is 18.0 Å². The average molecular weight is 371 g/mol. The fraction of sp³-hybridized carbons (Fsp3) is 0.312. The lowest BCUT2D eigenvalue weighted by Gasteiger charge is -2.12.